The van der Waals surface area contributed by atoms with Crippen LogP contribution in [-0.4, -0.2) is 33.8 Å². The van der Waals surface area contributed by atoms with Gasteiger partial charge >= 0.3 is 0 Å². The van der Waals surface area contributed by atoms with Crippen molar-refractivity contribution in [2.24, 2.45) is 0 Å². The molecule has 0 saturated heterocycles. The lowest BCUT2D eigenvalue weighted by Gasteiger charge is -2.19. The first-order valence-electron chi connectivity index (χ1n) is 10.3. The van der Waals surface area contributed by atoms with Gasteiger partial charge in [0.25, 0.3) is 20.0 Å². The molecule has 34 heavy (non-hydrogen) atoms. The number of fused-ring (bicyclic) bond motifs is 3. The number of rotatable bonds is 5. The molecule has 1 aromatic heterocycles. The molecule has 0 unspecified atom stereocenters. The summed E-state index contributed by atoms with van der Waals surface area (Å²) in [4.78, 5) is 13.1. The molecule has 174 valence electrons. The van der Waals surface area contributed by atoms with E-state index in [1.165, 1.54) is 43.6 Å². The van der Waals surface area contributed by atoms with Crippen molar-refractivity contribution in [1.29, 1.82) is 0 Å². The van der Waals surface area contributed by atoms with E-state index in [9.17, 15) is 21.6 Å². The van der Waals surface area contributed by atoms with E-state index in [1.54, 1.807) is 43.3 Å². The topological polar surface area (TPSA) is 103 Å². The lowest BCUT2D eigenvalue weighted by atomic mass is 10.0. The van der Waals surface area contributed by atoms with Crippen LogP contribution >= 0.6 is 0 Å². The molecule has 0 aliphatic carbocycles. The number of anilines is 1. The van der Waals surface area contributed by atoms with Crippen LogP contribution in [-0.2, 0) is 31.3 Å². The van der Waals surface area contributed by atoms with E-state index < -0.39 is 26.0 Å². The fraction of sp³-hybridized carbons (Fsp3) is 0.125. The minimum atomic E-state index is -4.17. The first-order valence-corrected chi connectivity index (χ1v) is 13.2. The van der Waals surface area contributed by atoms with Crippen LogP contribution in [0.4, 0.5) is 5.69 Å². The van der Waals surface area contributed by atoms with E-state index in [2.05, 4.69) is 0 Å². The third kappa shape index (κ3) is 3.13. The van der Waals surface area contributed by atoms with Crippen molar-refractivity contribution in [2.75, 3.05) is 11.4 Å². The second kappa shape index (κ2) is 7.71. The van der Waals surface area contributed by atoms with Crippen molar-refractivity contribution < 1.29 is 26.4 Å². The molecule has 10 heteroatoms. The first kappa shape index (κ1) is 22.2. The standard InChI is InChI=1S/C24H20N2O6S2/c1-16-15-25(33(28,29)17-9-5-3-6-10-17)24-21(32-2)14-20-19(23(16)24)13-22(27)26(20)34(30,31)18-11-7-4-8-12-18/h3-12,14-15H,13H2,1-2H3. The molecule has 0 atom stereocenters. The molecule has 2 heterocycles. The highest BCUT2D eigenvalue weighted by Crippen LogP contribution is 2.45. The van der Waals surface area contributed by atoms with Crippen LogP contribution in [0.25, 0.3) is 10.9 Å². The van der Waals surface area contributed by atoms with Crippen molar-refractivity contribution in [2.45, 2.75) is 23.1 Å². The number of aromatic nitrogens is 1. The summed E-state index contributed by atoms with van der Waals surface area (Å²) in [6.07, 6.45) is 1.28. The molecule has 3 aromatic carbocycles. The Morgan fingerprint density at radius 2 is 1.41 bits per heavy atom. The minimum Gasteiger partial charge on any atom is -0.494 e. The number of amides is 1. The Hall–Kier alpha value is -3.63. The highest BCUT2D eigenvalue weighted by Gasteiger charge is 2.40. The molecule has 4 aromatic rings. The number of sulfonamides is 1. The van der Waals surface area contributed by atoms with Gasteiger partial charge in [0.2, 0.25) is 5.91 Å². The third-order valence-electron chi connectivity index (χ3n) is 5.85. The van der Waals surface area contributed by atoms with Crippen molar-refractivity contribution >= 4 is 42.5 Å². The normalized spacial score (nSPS) is 13.9. The van der Waals surface area contributed by atoms with E-state index in [0.717, 1.165) is 8.28 Å². The lowest BCUT2D eigenvalue weighted by Crippen LogP contribution is -2.33. The molecule has 1 amide bonds. The molecule has 1 aliphatic rings. The molecular weight excluding hydrogens is 476 g/mol. The van der Waals surface area contributed by atoms with E-state index in [-0.39, 0.29) is 33.2 Å². The van der Waals surface area contributed by atoms with Gasteiger partial charge in [0.05, 0.1) is 29.0 Å². The summed E-state index contributed by atoms with van der Waals surface area (Å²) in [6, 6.07) is 17.1. The molecule has 0 saturated carbocycles. The molecule has 0 fully saturated rings. The van der Waals surface area contributed by atoms with Crippen LogP contribution in [0.1, 0.15) is 11.1 Å². The monoisotopic (exact) mass is 496 g/mol. The van der Waals surface area contributed by atoms with E-state index in [1.807, 2.05) is 0 Å². The Kier molecular flexibility index (Phi) is 5.03. The van der Waals surface area contributed by atoms with Crippen LogP contribution in [0, 0.1) is 6.92 Å². The predicted octanol–water partition coefficient (Wildman–Crippen LogP) is 3.47. The SMILES string of the molecule is COc1cc2c(c3c(C)cn(S(=O)(=O)c4ccccc4)c13)CC(=O)N2S(=O)(=O)c1ccccc1. The van der Waals surface area contributed by atoms with Gasteiger partial charge < -0.3 is 4.74 Å². The summed E-state index contributed by atoms with van der Waals surface area (Å²) in [5.74, 6) is -0.476. The fourth-order valence-corrected chi connectivity index (χ4v) is 7.27. The van der Waals surface area contributed by atoms with Gasteiger partial charge in [-0.1, -0.05) is 36.4 Å². The highest BCUT2D eigenvalue weighted by molar-refractivity contribution is 7.93. The minimum absolute atomic E-state index is 0.0174. The number of carbonyl (C=O) groups excluding carboxylic acids is 1. The van der Waals surface area contributed by atoms with Gasteiger partial charge in [-0.25, -0.2) is 25.1 Å². The van der Waals surface area contributed by atoms with E-state index in [0.29, 0.717) is 16.5 Å². The lowest BCUT2D eigenvalue weighted by molar-refractivity contribution is -0.116. The fourth-order valence-electron chi connectivity index (χ4n) is 4.35. The summed E-state index contributed by atoms with van der Waals surface area (Å²) in [7, 11) is -6.77. The largest absolute Gasteiger partial charge is 0.494 e. The quantitative estimate of drug-likeness (QED) is 0.419. The van der Waals surface area contributed by atoms with Gasteiger partial charge in [-0.3, -0.25) is 4.79 Å². The number of benzene rings is 3. The van der Waals surface area contributed by atoms with Crippen LogP contribution < -0.4 is 9.04 Å². The third-order valence-corrected chi connectivity index (χ3v) is 9.27. The zero-order valence-corrected chi connectivity index (χ0v) is 19.9. The number of carbonyl (C=O) groups is 1. The maximum Gasteiger partial charge on any atom is 0.270 e. The predicted molar refractivity (Wildman–Crippen MR) is 127 cm³/mol. The summed E-state index contributed by atoms with van der Waals surface area (Å²) in [5.41, 5.74) is 1.45. The number of hydrogen-bond donors (Lipinski definition) is 0. The van der Waals surface area contributed by atoms with Gasteiger partial charge in [-0.2, -0.15) is 0 Å². The summed E-state index contributed by atoms with van der Waals surface area (Å²) in [5, 5.41) is 0.480. The zero-order chi connectivity index (χ0) is 24.3. The maximum absolute atomic E-state index is 13.4. The molecule has 0 bridgehead atoms. The average molecular weight is 497 g/mol. The average Bonchev–Trinajstić information content (AvgIpc) is 3.36. The van der Waals surface area contributed by atoms with Crippen molar-refractivity contribution in [1.82, 2.24) is 3.97 Å². The molecule has 8 nitrogen and oxygen atoms in total. The van der Waals surface area contributed by atoms with Crippen LogP contribution in [0.15, 0.2) is 82.7 Å². The Labute approximate surface area is 197 Å². The number of hydrogen-bond acceptors (Lipinski definition) is 6. The van der Waals surface area contributed by atoms with Crippen LogP contribution in [0.2, 0.25) is 0 Å². The van der Waals surface area contributed by atoms with Gasteiger partial charge in [0.1, 0.15) is 11.3 Å². The van der Waals surface area contributed by atoms with Crippen LogP contribution in [0.5, 0.6) is 5.75 Å². The maximum atomic E-state index is 13.4. The number of methoxy groups -OCH3 is 1. The molecule has 0 N–H and O–H groups in total. The summed E-state index contributed by atoms with van der Waals surface area (Å²) >= 11 is 0. The molecule has 0 radical (unpaired) electrons. The van der Waals surface area contributed by atoms with Crippen molar-refractivity contribution in [3.63, 3.8) is 0 Å². The van der Waals surface area contributed by atoms with Crippen LogP contribution in [0.3, 0.4) is 0 Å². The van der Waals surface area contributed by atoms with Gasteiger partial charge in [-0.05, 0) is 42.3 Å². The Balaban J connectivity index is 1.79. The number of nitrogens with zero attached hydrogens (tertiary/aromatic N) is 2. The molecular formula is C24H20N2O6S2. The summed E-state index contributed by atoms with van der Waals surface area (Å²) in [6.45, 7) is 1.72. The van der Waals surface area contributed by atoms with E-state index in [4.69, 9.17) is 4.74 Å². The van der Waals surface area contributed by atoms with Gasteiger partial charge in [0, 0.05) is 17.6 Å². The highest BCUT2D eigenvalue weighted by atomic mass is 32.2. The van der Waals surface area contributed by atoms with Crippen molar-refractivity contribution in [3.05, 3.63) is 84.1 Å². The van der Waals surface area contributed by atoms with Gasteiger partial charge in [0.15, 0.2) is 0 Å². The Morgan fingerprint density at radius 3 is 1.97 bits per heavy atom. The van der Waals surface area contributed by atoms with E-state index >= 15 is 0 Å². The Morgan fingerprint density at radius 1 is 0.853 bits per heavy atom. The van der Waals surface area contributed by atoms with Crippen molar-refractivity contribution in [3.8, 4) is 5.75 Å². The van der Waals surface area contributed by atoms with Gasteiger partial charge in [-0.15, -0.1) is 0 Å². The smallest absolute Gasteiger partial charge is 0.270 e. The summed E-state index contributed by atoms with van der Waals surface area (Å²) < 4.78 is 61.0. The molecule has 1 aliphatic heterocycles. The second-order valence-electron chi connectivity index (χ2n) is 7.88. The molecule has 5 rings (SSSR count). The molecule has 0 spiro atoms. The second-order valence-corrected chi connectivity index (χ2v) is 11.5. The Bertz CT molecular complexity index is 1660. The first-order chi connectivity index (χ1) is 16.2. The zero-order valence-electron chi connectivity index (χ0n) is 18.3. The number of aryl methyl sites for hydroxylation is 1. The number of ether oxygens (including phenoxy) is 1.